The zero-order valence-corrected chi connectivity index (χ0v) is 12.9. The van der Waals surface area contributed by atoms with Crippen LogP contribution in [0.4, 0.5) is 5.69 Å². The Morgan fingerprint density at radius 1 is 1.35 bits per heavy atom. The maximum Gasteiger partial charge on any atom is 0.0748 e. The van der Waals surface area contributed by atoms with Crippen molar-refractivity contribution in [1.82, 2.24) is 4.98 Å². The number of fused-ring (bicyclic) bond motifs is 2. The van der Waals surface area contributed by atoms with Gasteiger partial charge in [-0.05, 0) is 55.4 Å². The van der Waals surface area contributed by atoms with Gasteiger partial charge in [-0.2, -0.15) is 0 Å². The summed E-state index contributed by atoms with van der Waals surface area (Å²) < 4.78 is 5.69. The predicted octanol–water partition coefficient (Wildman–Crippen LogP) is 1.68. The molecule has 5 heteroatoms. The number of carboxylic acids is 1. The number of nitrogens with one attached hydrogen (secondary N) is 1. The zero-order chi connectivity index (χ0) is 15.8. The van der Waals surface area contributed by atoms with Crippen LogP contribution >= 0.6 is 0 Å². The average molecular weight is 311 g/mol. The number of aromatic nitrogens is 1. The van der Waals surface area contributed by atoms with Crippen LogP contribution in [0.3, 0.4) is 0 Å². The standard InChI is InChI=1S/C18H20N2O3/c21-18(22)11-6-7-16-14(9-11)17(13-4-1-5-15(13)20-16)19-10-12-3-2-8-23-12/h6-7,9,12H,1-5,8,10H2,(H,19,20)(H,21,22)/p-1/t12-/m1/s1. The summed E-state index contributed by atoms with van der Waals surface area (Å²) in [6.45, 7) is 1.58. The molecule has 1 saturated heterocycles. The molecule has 4 rings (SSSR count). The van der Waals surface area contributed by atoms with Gasteiger partial charge in [0.1, 0.15) is 0 Å². The fourth-order valence-corrected chi connectivity index (χ4v) is 3.61. The van der Waals surface area contributed by atoms with Gasteiger partial charge in [-0.3, -0.25) is 4.98 Å². The number of carboxylic acid groups (broad SMARTS) is 1. The number of nitrogens with zero attached hydrogens (tertiary/aromatic N) is 1. The lowest BCUT2D eigenvalue weighted by molar-refractivity contribution is -0.255. The van der Waals surface area contributed by atoms with Gasteiger partial charge < -0.3 is 20.0 Å². The molecule has 2 aliphatic rings. The maximum absolute atomic E-state index is 11.2. The first-order valence-electron chi connectivity index (χ1n) is 8.25. The number of aromatic carboxylic acids is 1. The van der Waals surface area contributed by atoms with Crippen LogP contribution in [-0.2, 0) is 17.6 Å². The Morgan fingerprint density at radius 2 is 2.26 bits per heavy atom. The van der Waals surface area contributed by atoms with Crippen molar-refractivity contribution < 1.29 is 14.6 Å². The van der Waals surface area contributed by atoms with E-state index in [4.69, 9.17) is 9.72 Å². The van der Waals surface area contributed by atoms with Crippen LogP contribution in [0, 0.1) is 0 Å². The van der Waals surface area contributed by atoms with E-state index in [-0.39, 0.29) is 11.7 Å². The minimum atomic E-state index is -1.16. The predicted molar refractivity (Wildman–Crippen MR) is 85.6 cm³/mol. The van der Waals surface area contributed by atoms with Gasteiger partial charge in [-0.15, -0.1) is 0 Å². The quantitative estimate of drug-likeness (QED) is 0.930. The minimum Gasteiger partial charge on any atom is -0.545 e. The molecule has 120 valence electrons. The highest BCUT2D eigenvalue weighted by atomic mass is 16.5. The van der Waals surface area contributed by atoms with Crippen LogP contribution in [0.25, 0.3) is 10.9 Å². The third-order valence-electron chi connectivity index (χ3n) is 4.78. The number of carbonyl (C=O) groups excluding carboxylic acids is 1. The smallest absolute Gasteiger partial charge is 0.0748 e. The molecule has 1 atom stereocenters. The third-order valence-corrected chi connectivity index (χ3v) is 4.78. The van der Waals surface area contributed by atoms with Crippen molar-refractivity contribution in [3.8, 4) is 0 Å². The molecule has 2 heterocycles. The number of aryl methyl sites for hydroxylation is 1. The number of rotatable bonds is 4. The number of hydrogen-bond acceptors (Lipinski definition) is 5. The fourth-order valence-electron chi connectivity index (χ4n) is 3.61. The molecular weight excluding hydrogens is 292 g/mol. The number of hydrogen-bond donors (Lipinski definition) is 1. The van der Waals surface area contributed by atoms with E-state index in [0.717, 1.165) is 67.5 Å². The summed E-state index contributed by atoms with van der Waals surface area (Å²) in [4.78, 5) is 15.9. The third kappa shape index (κ3) is 2.65. The van der Waals surface area contributed by atoms with Crippen molar-refractivity contribution >= 4 is 22.6 Å². The molecule has 0 saturated carbocycles. The first kappa shape index (κ1) is 14.5. The molecule has 0 bridgehead atoms. The fraction of sp³-hybridized carbons (Fsp3) is 0.444. The second-order valence-electron chi connectivity index (χ2n) is 6.30. The van der Waals surface area contributed by atoms with Crippen LogP contribution in [-0.4, -0.2) is 30.2 Å². The van der Waals surface area contributed by atoms with Crippen LogP contribution in [0.1, 0.15) is 40.9 Å². The summed E-state index contributed by atoms with van der Waals surface area (Å²) in [5.74, 6) is -1.16. The number of pyridine rings is 1. The maximum atomic E-state index is 11.2. The van der Waals surface area contributed by atoms with Crippen LogP contribution < -0.4 is 10.4 Å². The Kier molecular flexibility index (Phi) is 3.65. The van der Waals surface area contributed by atoms with Gasteiger partial charge >= 0.3 is 0 Å². The summed E-state index contributed by atoms with van der Waals surface area (Å²) in [7, 11) is 0. The molecule has 1 aromatic heterocycles. The van der Waals surface area contributed by atoms with Crippen molar-refractivity contribution in [1.29, 1.82) is 0 Å². The van der Waals surface area contributed by atoms with Crippen molar-refractivity contribution in [3.63, 3.8) is 0 Å². The lowest BCUT2D eigenvalue weighted by Crippen LogP contribution is -2.22. The molecule has 0 amide bonds. The topological polar surface area (TPSA) is 74.3 Å². The van der Waals surface area contributed by atoms with Crippen LogP contribution in [0.15, 0.2) is 18.2 Å². The van der Waals surface area contributed by atoms with E-state index >= 15 is 0 Å². The van der Waals surface area contributed by atoms with Gasteiger partial charge in [0.15, 0.2) is 0 Å². The molecule has 1 N–H and O–H groups in total. The van der Waals surface area contributed by atoms with E-state index in [1.807, 2.05) is 0 Å². The zero-order valence-electron chi connectivity index (χ0n) is 12.9. The van der Waals surface area contributed by atoms with Gasteiger partial charge in [-0.25, -0.2) is 0 Å². The summed E-state index contributed by atoms with van der Waals surface area (Å²) in [5, 5.41) is 15.6. The van der Waals surface area contributed by atoms with Gasteiger partial charge in [0.05, 0.1) is 17.6 Å². The highest BCUT2D eigenvalue weighted by Gasteiger charge is 2.21. The molecule has 1 aliphatic carbocycles. The molecule has 1 aromatic carbocycles. The molecule has 1 aliphatic heterocycles. The molecule has 1 fully saturated rings. The Balaban J connectivity index is 1.77. The van der Waals surface area contributed by atoms with E-state index in [1.165, 1.54) is 5.56 Å². The molecule has 23 heavy (non-hydrogen) atoms. The first-order valence-corrected chi connectivity index (χ1v) is 8.25. The number of benzene rings is 1. The molecule has 5 nitrogen and oxygen atoms in total. The highest BCUT2D eigenvalue weighted by molar-refractivity contribution is 5.99. The second-order valence-corrected chi connectivity index (χ2v) is 6.30. The van der Waals surface area contributed by atoms with Crippen molar-refractivity contribution in [2.75, 3.05) is 18.5 Å². The van der Waals surface area contributed by atoms with Gasteiger partial charge in [0.25, 0.3) is 0 Å². The molecule has 0 spiro atoms. The van der Waals surface area contributed by atoms with Crippen molar-refractivity contribution in [3.05, 3.63) is 35.0 Å². The normalized spacial score (nSPS) is 19.9. The van der Waals surface area contributed by atoms with Gasteiger partial charge in [0, 0.05) is 29.9 Å². The van der Waals surface area contributed by atoms with E-state index in [9.17, 15) is 9.90 Å². The highest BCUT2D eigenvalue weighted by Crippen LogP contribution is 2.34. The number of carbonyl (C=O) groups is 1. The Morgan fingerprint density at radius 3 is 3.04 bits per heavy atom. The Labute approximate surface area is 134 Å². The summed E-state index contributed by atoms with van der Waals surface area (Å²) >= 11 is 0. The minimum absolute atomic E-state index is 0.192. The summed E-state index contributed by atoms with van der Waals surface area (Å²) in [5.41, 5.74) is 4.42. The van der Waals surface area contributed by atoms with Crippen LogP contribution in [0.2, 0.25) is 0 Å². The van der Waals surface area contributed by atoms with E-state index in [1.54, 1.807) is 18.2 Å². The average Bonchev–Trinajstić information content (AvgIpc) is 3.22. The number of ether oxygens (including phenoxy) is 1. The van der Waals surface area contributed by atoms with Crippen molar-refractivity contribution in [2.24, 2.45) is 0 Å². The SMILES string of the molecule is O=C([O-])c1ccc2nc3c(c(NC[C@H]4CCCO4)c2c1)CCC3. The molecule has 0 radical (unpaired) electrons. The van der Waals surface area contributed by atoms with E-state index < -0.39 is 5.97 Å². The monoisotopic (exact) mass is 311 g/mol. The summed E-state index contributed by atoms with van der Waals surface area (Å²) in [6.07, 6.45) is 5.49. The largest absolute Gasteiger partial charge is 0.545 e. The molecular formula is C18H19N2O3-. The molecule has 0 unspecified atom stereocenters. The lowest BCUT2D eigenvalue weighted by Gasteiger charge is -2.18. The summed E-state index contributed by atoms with van der Waals surface area (Å²) in [6, 6.07) is 5.01. The Hall–Kier alpha value is -2.14. The lowest BCUT2D eigenvalue weighted by atomic mass is 10.0. The second kappa shape index (κ2) is 5.81. The Bertz CT molecular complexity index is 766. The number of anilines is 1. The van der Waals surface area contributed by atoms with Gasteiger partial charge in [0.2, 0.25) is 0 Å². The van der Waals surface area contributed by atoms with Crippen LogP contribution in [0.5, 0.6) is 0 Å². The molecule has 2 aromatic rings. The van der Waals surface area contributed by atoms with Crippen molar-refractivity contribution in [2.45, 2.75) is 38.2 Å². The first-order chi connectivity index (χ1) is 11.2. The van der Waals surface area contributed by atoms with E-state index in [0.29, 0.717) is 0 Å². The van der Waals surface area contributed by atoms with Gasteiger partial charge in [-0.1, -0.05) is 6.07 Å². The van der Waals surface area contributed by atoms with E-state index in [2.05, 4.69) is 5.32 Å².